The molecule has 0 unspecified atom stereocenters. The zero-order chi connectivity index (χ0) is 22.4. The maximum absolute atomic E-state index is 14.7. The summed E-state index contributed by atoms with van der Waals surface area (Å²) >= 11 is 0. The van der Waals surface area contributed by atoms with E-state index >= 15 is 0 Å². The molecular formula is C25H25FN6O. The maximum atomic E-state index is 14.7. The number of aromatic nitrogens is 4. The fourth-order valence-corrected chi connectivity index (χ4v) is 5.15. The summed E-state index contributed by atoms with van der Waals surface area (Å²) in [6.07, 6.45) is 4.33. The highest BCUT2D eigenvalue weighted by atomic mass is 19.1. The van der Waals surface area contributed by atoms with Crippen LogP contribution in [0.1, 0.15) is 25.7 Å². The fraction of sp³-hybridized carbons (Fsp3) is 0.360. The summed E-state index contributed by atoms with van der Waals surface area (Å²) < 4.78 is 16.6. The largest absolute Gasteiger partial charge is 0.339 e. The third kappa shape index (κ3) is 3.41. The van der Waals surface area contributed by atoms with Gasteiger partial charge in [-0.1, -0.05) is 37.1 Å². The van der Waals surface area contributed by atoms with Gasteiger partial charge in [0.1, 0.15) is 5.82 Å². The molecule has 0 spiro atoms. The minimum Gasteiger partial charge on any atom is -0.339 e. The van der Waals surface area contributed by atoms with E-state index in [1.54, 1.807) is 18.2 Å². The number of benzene rings is 2. The van der Waals surface area contributed by atoms with Crippen LogP contribution in [0.2, 0.25) is 0 Å². The van der Waals surface area contributed by atoms with Gasteiger partial charge in [0.05, 0.1) is 11.1 Å². The molecule has 7 nitrogen and oxygen atoms in total. The summed E-state index contributed by atoms with van der Waals surface area (Å²) in [7, 11) is 0. The van der Waals surface area contributed by atoms with Gasteiger partial charge in [-0.3, -0.25) is 4.79 Å². The maximum Gasteiger partial charge on any atom is 0.225 e. The Morgan fingerprint density at radius 2 is 1.64 bits per heavy atom. The van der Waals surface area contributed by atoms with E-state index in [0.29, 0.717) is 55.1 Å². The van der Waals surface area contributed by atoms with Gasteiger partial charge >= 0.3 is 0 Å². The number of anilines is 1. The van der Waals surface area contributed by atoms with Crippen LogP contribution < -0.4 is 4.90 Å². The van der Waals surface area contributed by atoms with Gasteiger partial charge < -0.3 is 9.80 Å². The van der Waals surface area contributed by atoms with E-state index in [1.807, 2.05) is 33.6 Å². The molecule has 3 heterocycles. The Balaban J connectivity index is 1.41. The van der Waals surface area contributed by atoms with Crippen molar-refractivity contribution >= 4 is 28.4 Å². The zero-order valence-corrected chi connectivity index (χ0v) is 18.3. The standard InChI is InChI=1S/C25H25FN6O/c26-20-11-5-3-9-18(20)22-28-29-23-19-10-4-6-12-21(19)27-25(32(22)23)31-15-13-30(14-16-31)24(33)17-7-1-2-8-17/h3-6,9-12,17H,1-2,7-8,13-16H2. The number of piperazine rings is 1. The Labute approximate surface area is 190 Å². The number of amides is 1. The second-order valence-corrected chi connectivity index (χ2v) is 8.89. The number of nitrogens with zero attached hydrogens (tertiary/aromatic N) is 6. The lowest BCUT2D eigenvalue weighted by atomic mass is 10.1. The van der Waals surface area contributed by atoms with Crippen LogP contribution in [0.25, 0.3) is 27.9 Å². The molecule has 0 atom stereocenters. The lowest BCUT2D eigenvalue weighted by Gasteiger charge is -2.36. The van der Waals surface area contributed by atoms with Crippen molar-refractivity contribution in [2.24, 2.45) is 5.92 Å². The summed E-state index contributed by atoms with van der Waals surface area (Å²) in [4.78, 5) is 22.0. The summed E-state index contributed by atoms with van der Waals surface area (Å²) in [5.74, 6) is 1.24. The van der Waals surface area contributed by atoms with Gasteiger partial charge in [0.25, 0.3) is 0 Å². The molecular weight excluding hydrogens is 419 g/mol. The molecule has 1 saturated carbocycles. The molecule has 8 heteroatoms. The van der Waals surface area contributed by atoms with Crippen molar-refractivity contribution in [3.05, 3.63) is 54.3 Å². The first-order valence-corrected chi connectivity index (χ1v) is 11.6. The molecule has 0 bridgehead atoms. The van der Waals surface area contributed by atoms with Gasteiger partial charge in [-0.25, -0.2) is 13.8 Å². The molecule has 4 aromatic rings. The lowest BCUT2D eigenvalue weighted by Crippen LogP contribution is -2.50. The van der Waals surface area contributed by atoms with Gasteiger partial charge in [0.2, 0.25) is 11.9 Å². The second-order valence-electron chi connectivity index (χ2n) is 8.89. The van der Waals surface area contributed by atoms with Crippen LogP contribution in [0.4, 0.5) is 10.3 Å². The van der Waals surface area contributed by atoms with Crippen molar-refractivity contribution in [2.45, 2.75) is 25.7 Å². The summed E-state index contributed by atoms with van der Waals surface area (Å²) in [5.41, 5.74) is 1.86. The van der Waals surface area contributed by atoms with Crippen LogP contribution in [0, 0.1) is 11.7 Å². The predicted molar refractivity (Wildman–Crippen MR) is 124 cm³/mol. The highest BCUT2D eigenvalue weighted by Crippen LogP contribution is 2.31. The molecule has 1 aliphatic carbocycles. The molecule has 2 aromatic heterocycles. The van der Waals surface area contributed by atoms with Crippen LogP contribution >= 0.6 is 0 Å². The number of halogens is 1. The molecule has 168 valence electrons. The monoisotopic (exact) mass is 444 g/mol. The third-order valence-electron chi connectivity index (χ3n) is 6.92. The number of para-hydroxylation sites is 1. The van der Waals surface area contributed by atoms with Crippen molar-refractivity contribution in [3.8, 4) is 11.4 Å². The lowest BCUT2D eigenvalue weighted by molar-refractivity contribution is -0.135. The van der Waals surface area contributed by atoms with E-state index < -0.39 is 0 Å². The van der Waals surface area contributed by atoms with Crippen molar-refractivity contribution in [1.29, 1.82) is 0 Å². The number of rotatable bonds is 3. The van der Waals surface area contributed by atoms with Gasteiger partial charge in [-0.2, -0.15) is 0 Å². The molecule has 2 fully saturated rings. The molecule has 6 rings (SSSR count). The Hall–Kier alpha value is -3.55. The smallest absolute Gasteiger partial charge is 0.225 e. The number of fused-ring (bicyclic) bond motifs is 3. The minimum absolute atomic E-state index is 0.188. The van der Waals surface area contributed by atoms with Crippen molar-refractivity contribution in [2.75, 3.05) is 31.1 Å². The molecule has 2 aliphatic rings. The summed E-state index contributed by atoms with van der Waals surface area (Å²) in [6.45, 7) is 2.63. The highest BCUT2D eigenvalue weighted by molar-refractivity contribution is 5.93. The Morgan fingerprint density at radius 1 is 0.909 bits per heavy atom. The van der Waals surface area contributed by atoms with Crippen LogP contribution in [-0.4, -0.2) is 56.6 Å². The predicted octanol–water partition coefficient (Wildman–Crippen LogP) is 3.92. The Bertz CT molecular complexity index is 1340. The number of carbonyl (C=O) groups excluding carboxylic acids is 1. The van der Waals surface area contributed by atoms with E-state index in [2.05, 4.69) is 15.1 Å². The average molecular weight is 445 g/mol. The second kappa shape index (κ2) is 8.10. The first kappa shape index (κ1) is 20.1. The number of hydrogen-bond acceptors (Lipinski definition) is 5. The normalized spacial score (nSPS) is 17.4. The number of carbonyl (C=O) groups is 1. The summed E-state index contributed by atoms with van der Waals surface area (Å²) in [5, 5.41) is 9.67. The van der Waals surface area contributed by atoms with Crippen LogP contribution in [0.5, 0.6) is 0 Å². The Kier molecular flexibility index (Phi) is 4.93. The first-order valence-electron chi connectivity index (χ1n) is 11.6. The molecule has 2 aromatic carbocycles. The average Bonchev–Trinajstić information content (AvgIpc) is 3.55. The molecule has 1 amide bonds. The number of hydrogen-bond donors (Lipinski definition) is 0. The minimum atomic E-state index is -0.349. The molecule has 0 radical (unpaired) electrons. The van der Waals surface area contributed by atoms with E-state index in [-0.39, 0.29) is 11.7 Å². The zero-order valence-electron chi connectivity index (χ0n) is 18.3. The SMILES string of the molecule is O=C(C1CCCC1)N1CCN(c2nc3ccccc3c3nnc(-c4ccccc4F)n23)CC1. The third-order valence-corrected chi connectivity index (χ3v) is 6.92. The Morgan fingerprint density at radius 3 is 2.42 bits per heavy atom. The van der Waals surface area contributed by atoms with Crippen molar-refractivity contribution in [3.63, 3.8) is 0 Å². The van der Waals surface area contributed by atoms with Gasteiger partial charge in [-0.05, 0) is 37.1 Å². The van der Waals surface area contributed by atoms with Crippen LogP contribution in [0.15, 0.2) is 48.5 Å². The van der Waals surface area contributed by atoms with Crippen LogP contribution in [0.3, 0.4) is 0 Å². The summed E-state index contributed by atoms with van der Waals surface area (Å²) in [6, 6.07) is 14.4. The van der Waals surface area contributed by atoms with E-state index in [4.69, 9.17) is 4.98 Å². The van der Waals surface area contributed by atoms with E-state index in [0.717, 1.165) is 36.6 Å². The molecule has 1 aliphatic heterocycles. The van der Waals surface area contributed by atoms with Crippen LogP contribution in [-0.2, 0) is 4.79 Å². The van der Waals surface area contributed by atoms with Crippen molar-refractivity contribution < 1.29 is 9.18 Å². The molecule has 1 saturated heterocycles. The molecule has 0 N–H and O–H groups in total. The van der Waals surface area contributed by atoms with Gasteiger partial charge in [-0.15, -0.1) is 10.2 Å². The molecule has 33 heavy (non-hydrogen) atoms. The topological polar surface area (TPSA) is 66.6 Å². The highest BCUT2D eigenvalue weighted by Gasteiger charge is 2.31. The van der Waals surface area contributed by atoms with Gasteiger partial charge in [0.15, 0.2) is 11.5 Å². The first-order chi connectivity index (χ1) is 16.2. The van der Waals surface area contributed by atoms with E-state index in [1.165, 1.54) is 6.07 Å². The fourth-order valence-electron chi connectivity index (χ4n) is 5.15. The van der Waals surface area contributed by atoms with E-state index in [9.17, 15) is 9.18 Å². The van der Waals surface area contributed by atoms with Crippen molar-refractivity contribution in [1.82, 2.24) is 24.5 Å². The quantitative estimate of drug-likeness (QED) is 0.479. The van der Waals surface area contributed by atoms with Gasteiger partial charge in [0, 0.05) is 37.5 Å².